The molecule has 1 heterocycles. The van der Waals surface area contributed by atoms with E-state index < -0.39 is 9.84 Å². The van der Waals surface area contributed by atoms with Crippen LogP contribution >= 0.6 is 0 Å². The lowest BCUT2D eigenvalue weighted by Crippen LogP contribution is -2.36. The normalized spacial score (nSPS) is 17.9. The van der Waals surface area contributed by atoms with E-state index in [0.717, 1.165) is 18.7 Å². The molecule has 1 saturated heterocycles. The number of hydrogen-bond donors (Lipinski definition) is 1. The second kappa shape index (κ2) is 6.30. The van der Waals surface area contributed by atoms with Crippen LogP contribution in [0.3, 0.4) is 0 Å². The molecule has 1 N–H and O–H groups in total. The van der Waals surface area contributed by atoms with E-state index in [-0.39, 0.29) is 16.8 Å². The molecule has 1 fully saturated rings. The smallest absolute Gasteiger partial charge is 0.156 e. The van der Waals surface area contributed by atoms with Crippen LogP contribution in [0.2, 0.25) is 0 Å². The molecule has 2 rings (SSSR count). The van der Waals surface area contributed by atoms with Gasteiger partial charge in [-0.2, -0.15) is 0 Å². The molecule has 0 bridgehead atoms. The van der Waals surface area contributed by atoms with Crippen molar-refractivity contribution in [3.63, 3.8) is 0 Å². The van der Waals surface area contributed by atoms with Gasteiger partial charge in [-0.3, -0.25) is 0 Å². The van der Waals surface area contributed by atoms with E-state index >= 15 is 0 Å². The zero-order valence-electron chi connectivity index (χ0n) is 10.7. The van der Waals surface area contributed by atoms with Gasteiger partial charge >= 0.3 is 0 Å². The fourth-order valence-electron chi connectivity index (χ4n) is 2.18. The molecule has 19 heavy (non-hydrogen) atoms. The molecule has 0 amide bonds. The first-order valence-electron chi connectivity index (χ1n) is 6.42. The van der Waals surface area contributed by atoms with Gasteiger partial charge in [0, 0.05) is 0 Å². The van der Waals surface area contributed by atoms with Crippen LogP contribution in [0.1, 0.15) is 18.4 Å². The average Bonchev–Trinajstić information content (AvgIpc) is 2.42. The monoisotopic (exact) mass is 283 g/mol. The Morgan fingerprint density at radius 1 is 1.21 bits per heavy atom. The van der Waals surface area contributed by atoms with Gasteiger partial charge in [0.2, 0.25) is 0 Å². The summed E-state index contributed by atoms with van der Waals surface area (Å²) in [6.07, 6.45) is 4.74. The Morgan fingerprint density at radius 3 is 2.47 bits per heavy atom. The van der Waals surface area contributed by atoms with Gasteiger partial charge in [-0.1, -0.05) is 24.3 Å². The van der Waals surface area contributed by atoms with E-state index in [2.05, 4.69) is 5.32 Å². The van der Waals surface area contributed by atoms with E-state index in [1.165, 1.54) is 12.1 Å². The van der Waals surface area contributed by atoms with Crippen LogP contribution in [-0.2, 0) is 9.84 Å². The first kappa shape index (κ1) is 14.2. The molecule has 0 unspecified atom stereocenters. The summed E-state index contributed by atoms with van der Waals surface area (Å²) in [5.41, 5.74) is 0.807. The maximum Gasteiger partial charge on any atom is 0.156 e. The molecule has 1 aromatic rings. The van der Waals surface area contributed by atoms with Gasteiger partial charge < -0.3 is 5.32 Å². The van der Waals surface area contributed by atoms with E-state index in [0.29, 0.717) is 12.8 Å². The molecular formula is C14H18FNO2S. The van der Waals surface area contributed by atoms with Crippen molar-refractivity contribution < 1.29 is 12.8 Å². The van der Waals surface area contributed by atoms with Crippen molar-refractivity contribution in [2.24, 2.45) is 0 Å². The van der Waals surface area contributed by atoms with Crippen LogP contribution in [-0.4, -0.2) is 32.5 Å². The third kappa shape index (κ3) is 4.14. The molecule has 0 aromatic heterocycles. The summed E-state index contributed by atoms with van der Waals surface area (Å²) in [5, 5.41) is 2.93. The largest absolute Gasteiger partial charge is 0.317 e. The Bertz CT molecular complexity index is 531. The summed E-state index contributed by atoms with van der Waals surface area (Å²) < 4.78 is 36.9. The minimum atomic E-state index is -3.06. The predicted molar refractivity (Wildman–Crippen MR) is 75.1 cm³/mol. The quantitative estimate of drug-likeness (QED) is 0.919. The average molecular weight is 283 g/mol. The summed E-state index contributed by atoms with van der Waals surface area (Å²) in [6, 6.07) is 5.98. The molecule has 0 spiro atoms. The van der Waals surface area contributed by atoms with Crippen molar-refractivity contribution in [2.75, 3.05) is 18.8 Å². The van der Waals surface area contributed by atoms with Gasteiger partial charge in [-0.25, -0.2) is 12.8 Å². The zero-order valence-corrected chi connectivity index (χ0v) is 11.5. The van der Waals surface area contributed by atoms with E-state index in [4.69, 9.17) is 0 Å². The fraction of sp³-hybridized carbons (Fsp3) is 0.429. The van der Waals surface area contributed by atoms with Crippen molar-refractivity contribution in [1.29, 1.82) is 0 Å². The highest BCUT2D eigenvalue weighted by molar-refractivity contribution is 7.92. The first-order chi connectivity index (χ1) is 9.08. The van der Waals surface area contributed by atoms with Crippen LogP contribution in [0.15, 0.2) is 30.3 Å². The van der Waals surface area contributed by atoms with Gasteiger partial charge in [0.1, 0.15) is 5.82 Å². The highest BCUT2D eigenvalue weighted by Crippen LogP contribution is 2.15. The molecule has 0 aliphatic carbocycles. The third-order valence-electron chi connectivity index (χ3n) is 3.30. The molecule has 3 nitrogen and oxygen atoms in total. The Balaban J connectivity index is 1.95. The van der Waals surface area contributed by atoms with Gasteiger partial charge in [0.15, 0.2) is 9.84 Å². The van der Waals surface area contributed by atoms with Crippen molar-refractivity contribution in [3.8, 4) is 0 Å². The number of sulfone groups is 1. The number of benzene rings is 1. The molecule has 104 valence electrons. The Hall–Kier alpha value is -1.20. The predicted octanol–water partition coefficient (Wildman–Crippen LogP) is 2.01. The summed E-state index contributed by atoms with van der Waals surface area (Å²) in [6.45, 7) is 1.54. The third-order valence-corrected chi connectivity index (χ3v) is 5.45. The maximum absolute atomic E-state index is 12.7. The summed E-state index contributed by atoms with van der Waals surface area (Å²) in [4.78, 5) is 0. The number of halogens is 1. The number of hydrogen-bond acceptors (Lipinski definition) is 3. The van der Waals surface area contributed by atoms with Gasteiger partial charge in [-0.05, 0) is 43.6 Å². The highest BCUT2D eigenvalue weighted by atomic mass is 32.2. The summed E-state index contributed by atoms with van der Waals surface area (Å²) >= 11 is 0. The topological polar surface area (TPSA) is 46.2 Å². The van der Waals surface area contributed by atoms with Crippen LogP contribution in [0.5, 0.6) is 0 Å². The first-order valence-corrected chi connectivity index (χ1v) is 8.14. The van der Waals surface area contributed by atoms with Crippen molar-refractivity contribution in [1.82, 2.24) is 5.32 Å². The number of nitrogens with one attached hydrogen (secondary N) is 1. The standard InChI is InChI=1S/C14H18FNO2S/c15-13-5-3-12(4-6-13)2-1-11-19(17,18)14-7-9-16-10-8-14/h1-6,14,16H,7-11H2. The fourth-order valence-corrected chi connectivity index (χ4v) is 3.77. The lowest BCUT2D eigenvalue weighted by atomic mass is 10.2. The lowest BCUT2D eigenvalue weighted by Gasteiger charge is -2.21. The second-order valence-electron chi connectivity index (χ2n) is 4.73. The molecule has 1 aliphatic rings. The molecule has 5 heteroatoms. The van der Waals surface area contributed by atoms with E-state index in [1.807, 2.05) is 0 Å². The molecule has 1 aliphatic heterocycles. The Morgan fingerprint density at radius 2 is 1.84 bits per heavy atom. The van der Waals surface area contributed by atoms with E-state index in [1.54, 1.807) is 24.3 Å². The van der Waals surface area contributed by atoms with Crippen LogP contribution in [0.4, 0.5) is 4.39 Å². The van der Waals surface area contributed by atoms with Crippen LogP contribution in [0, 0.1) is 5.82 Å². The summed E-state index contributed by atoms with van der Waals surface area (Å²) in [5.74, 6) is -0.242. The van der Waals surface area contributed by atoms with Gasteiger partial charge in [0.05, 0.1) is 11.0 Å². The zero-order chi connectivity index (χ0) is 13.7. The van der Waals surface area contributed by atoms with Crippen molar-refractivity contribution >= 4 is 15.9 Å². The highest BCUT2D eigenvalue weighted by Gasteiger charge is 2.25. The molecule has 0 radical (unpaired) electrons. The molecule has 0 atom stereocenters. The Kier molecular flexibility index (Phi) is 4.71. The minimum Gasteiger partial charge on any atom is -0.317 e. The number of piperidine rings is 1. The summed E-state index contributed by atoms with van der Waals surface area (Å²) in [7, 11) is -3.06. The Labute approximate surface area is 113 Å². The van der Waals surface area contributed by atoms with Crippen molar-refractivity contribution in [3.05, 3.63) is 41.7 Å². The van der Waals surface area contributed by atoms with Crippen LogP contribution in [0.25, 0.3) is 6.08 Å². The maximum atomic E-state index is 12.7. The van der Waals surface area contributed by atoms with Gasteiger partial charge in [-0.15, -0.1) is 0 Å². The van der Waals surface area contributed by atoms with Crippen LogP contribution < -0.4 is 5.32 Å². The minimum absolute atomic E-state index is 0.0506. The molecule has 1 aromatic carbocycles. The molecule has 0 saturated carbocycles. The molecular weight excluding hydrogens is 265 g/mol. The van der Waals surface area contributed by atoms with Crippen molar-refractivity contribution in [2.45, 2.75) is 18.1 Å². The second-order valence-corrected chi connectivity index (χ2v) is 7.06. The SMILES string of the molecule is O=S(=O)(CC=Cc1ccc(F)cc1)C1CCNCC1. The van der Waals surface area contributed by atoms with E-state index in [9.17, 15) is 12.8 Å². The number of rotatable bonds is 4. The lowest BCUT2D eigenvalue weighted by molar-refractivity contribution is 0.498. The van der Waals surface area contributed by atoms with Gasteiger partial charge in [0.25, 0.3) is 0 Å².